The van der Waals surface area contributed by atoms with E-state index in [2.05, 4.69) is 26.1 Å². The van der Waals surface area contributed by atoms with Crippen molar-refractivity contribution in [1.82, 2.24) is 10.2 Å². The van der Waals surface area contributed by atoms with Gasteiger partial charge in [0.25, 0.3) is 5.91 Å². The molecule has 2 fully saturated rings. The van der Waals surface area contributed by atoms with Gasteiger partial charge in [0, 0.05) is 39.4 Å². The minimum Gasteiger partial charge on any atom is -0.386 e. The van der Waals surface area contributed by atoms with Crippen LogP contribution in [0.1, 0.15) is 83.8 Å². The number of allylic oxidation sites excluding steroid dienone is 1. The molecule has 0 saturated heterocycles. The third-order valence-corrected chi connectivity index (χ3v) is 9.13. The Morgan fingerprint density at radius 2 is 1.68 bits per heavy atom. The molecule has 3 rings (SSSR count). The molecule has 2 aliphatic rings. The summed E-state index contributed by atoms with van der Waals surface area (Å²) in [6, 6.07) is 2.37. The highest BCUT2D eigenvalue weighted by Gasteiger charge is 2.41. The van der Waals surface area contributed by atoms with E-state index in [0.29, 0.717) is 25.0 Å². The van der Waals surface area contributed by atoms with E-state index in [4.69, 9.17) is 40.2 Å². The number of rotatable bonds is 9. The van der Waals surface area contributed by atoms with Crippen LogP contribution >= 0.6 is 34.8 Å². The first-order valence-electron chi connectivity index (χ1n) is 13.8. The summed E-state index contributed by atoms with van der Waals surface area (Å²) in [5.41, 5.74) is -1.69. The highest BCUT2D eigenvalue weighted by Crippen LogP contribution is 2.39. The summed E-state index contributed by atoms with van der Waals surface area (Å²) in [6.07, 6.45) is 0.318. The molecule has 2 saturated carbocycles. The van der Waals surface area contributed by atoms with E-state index < -0.39 is 35.5 Å². The molecule has 1 aromatic rings. The van der Waals surface area contributed by atoms with Crippen molar-refractivity contribution in [3.63, 3.8) is 0 Å². The Morgan fingerprint density at radius 3 is 2.17 bits per heavy atom. The van der Waals surface area contributed by atoms with E-state index in [1.807, 2.05) is 0 Å². The van der Waals surface area contributed by atoms with Gasteiger partial charge in [0.1, 0.15) is 5.70 Å². The first-order valence-corrected chi connectivity index (χ1v) is 14.9. The Kier molecular flexibility index (Phi) is 11.3. The van der Waals surface area contributed by atoms with E-state index in [1.54, 1.807) is 0 Å². The zero-order chi connectivity index (χ0) is 29.8. The molecule has 2 aliphatic carbocycles. The van der Waals surface area contributed by atoms with Crippen molar-refractivity contribution in [1.29, 1.82) is 5.41 Å². The SMILES string of the molecule is CC1(C)CCC(CN(CC(O)c2c(Cl)cc(Cl)cc2Cl)C(=O)/C(C=N)=C(/N[C@H]2CC[C@@H](C)CC2)C(F)(F)F)CC1. The van der Waals surface area contributed by atoms with Gasteiger partial charge in [0.05, 0.1) is 18.2 Å². The van der Waals surface area contributed by atoms with Crippen LogP contribution in [-0.4, -0.2) is 47.4 Å². The maximum atomic E-state index is 14.3. The molecule has 5 nitrogen and oxygen atoms in total. The molecule has 1 unspecified atom stereocenters. The molecule has 11 heteroatoms. The largest absolute Gasteiger partial charge is 0.431 e. The zero-order valence-corrected chi connectivity index (χ0v) is 25.5. The molecule has 40 heavy (non-hydrogen) atoms. The highest BCUT2D eigenvalue weighted by atomic mass is 35.5. The quantitative estimate of drug-likeness (QED) is 0.191. The van der Waals surface area contributed by atoms with E-state index in [1.165, 1.54) is 17.0 Å². The van der Waals surface area contributed by atoms with Gasteiger partial charge in [-0.25, -0.2) is 0 Å². The summed E-state index contributed by atoms with van der Waals surface area (Å²) >= 11 is 18.6. The Hall–Kier alpha value is -1.48. The third-order valence-electron chi connectivity index (χ3n) is 8.29. The van der Waals surface area contributed by atoms with Gasteiger partial charge in [0.2, 0.25) is 0 Å². The number of carbonyl (C=O) groups excluding carboxylic acids is 1. The van der Waals surface area contributed by atoms with Gasteiger partial charge in [-0.2, -0.15) is 13.2 Å². The normalized spacial score (nSPS) is 23.2. The lowest BCUT2D eigenvalue weighted by Gasteiger charge is -2.37. The molecule has 3 N–H and O–H groups in total. The molecule has 0 heterocycles. The van der Waals surface area contributed by atoms with Crippen molar-refractivity contribution >= 4 is 46.9 Å². The van der Waals surface area contributed by atoms with Crippen molar-refractivity contribution < 1.29 is 23.1 Å². The van der Waals surface area contributed by atoms with Gasteiger partial charge in [0.15, 0.2) is 0 Å². The van der Waals surface area contributed by atoms with Gasteiger partial charge in [-0.3, -0.25) is 4.79 Å². The van der Waals surface area contributed by atoms with Crippen LogP contribution in [0, 0.1) is 22.7 Å². The molecule has 1 atom stereocenters. The number of nitrogens with one attached hydrogen (secondary N) is 2. The van der Waals surface area contributed by atoms with E-state index in [9.17, 15) is 23.1 Å². The summed E-state index contributed by atoms with van der Waals surface area (Å²) in [7, 11) is 0. The number of alkyl halides is 3. The summed E-state index contributed by atoms with van der Waals surface area (Å²) < 4.78 is 43.0. The molecule has 0 bridgehead atoms. The lowest BCUT2D eigenvalue weighted by molar-refractivity contribution is -0.130. The third kappa shape index (κ3) is 8.76. The molecular weight excluding hydrogens is 586 g/mol. The van der Waals surface area contributed by atoms with Crippen molar-refractivity contribution in [3.8, 4) is 0 Å². The molecule has 0 aromatic heterocycles. The Morgan fingerprint density at radius 1 is 1.12 bits per heavy atom. The number of carbonyl (C=O) groups is 1. The van der Waals surface area contributed by atoms with Crippen LogP contribution in [0.15, 0.2) is 23.4 Å². The van der Waals surface area contributed by atoms with Gasteiger partial charge in [-0.15, -0.1) is 0 Å². The maximum Gasteiger partial charge on any atom is 0.431 e. The van der Waals surface area contributed by atoms with Gasteiger partial charge < -0.3 is 20.7 Å². The predicted octanol–water partition coefficient (Wildman–Crippen LogP) is 8.36. The molecule has 0 radical (unpaired) electrons. The Labute approximate surface area is 249 Å². The van der Waals surface area contributed by atoms with Gasteiger partial charge >= 0.3 is 6.18 Å². The summed E-state index contributed by atoms with van der Waals surface area (Å²) in [4.78, 5) is 15.0. The summed E-state index contributed by atoms with van der Waals surface area (Å²) in [5, 5.41) is 22.0. The fourth-order valence-corrected chi connectivity index (χ4v) is 6.77. The van der Waals surface area contributed by atoms with Crippen LogP contribution in [-0.2, 0) is 4.79 Å². The van der Waals surface area contributed by atoms with Crippen molar-refractivity contribution in [2.75, 3.05) is 13.1 Å². The number of amides is 1. The summed E-state index contributed by atoms with van der Waals surface area (Å²) in [6.45, 7) is 6.20. The van der Waals surface area contributed by atoms with E-state index in [-0.39, 0.29) is 45.1 Å². The average Bonchev–Trinajstić information content (AvgIpc) is 2.84. The lowest BCUT2D eigenvalue weighted by atomic mass is 9.73. The summed E-state index contributed by atoms with van der Waals surface area (Å²) in [5.74, 6) is -0.497. The van der Waals surface area contributed by atoms with Gasteiger partial charge in [-0.1, -0.05) is 55.6 Å². The van der Waals surface area contributed by atoms with Crippen LogP contribution in [0.25, 0.3) is 0 Å². The first-order chi connectivity index (χ1) is 18.6. The second-order valence-electron chi connectivity index (χ2n) is 12.1. The number of hydrogen-bond donors (Lipinski definition) is 3. The standard InChI is InChI=1S/C29H39Cl3F3N3O2/c1-17-4-6-20(7-5-17)37-26(29(33,34)35)21(14-36)27(40)38(15-18-8-10-28(2,3)11-9-18)16-24(39)25-22(31)12-19(30)13-23(25)32/h12-14,17-18,20,24,36-37,39H,4-11,15-16H2,1-3H3/b26-21+,36-14?/t17-,20+,24?. The maximum absolute atomic E-state index is 14.3. The first kappa shape index (κ1) is 33.0. The molecular formula is C29H39Cl3F3N3O2. The minimum absolute atomic E-state index is 0.0365. The zero-order valence-electron chi connectivity index (χ0n) is 23.2. The molecule has 0 spiro atoms. The lowest BCUT2D eigenvalue weighted by Crippen LogP contribution is -2.44. The number of nitrogens with zero attached hydrogens (tertiary/aromatic N) is 1. The van der Waals surface area contributed by atoms with Crippen molar-refractivity contribution in [3.05, 3.63) is 44.0 Å². The van der Waals surface area contributed by atoms with E-state index in [0.717, 1.165) is 38.5 Å². The number of hydrogen-bond acceptors (Lipinski definition) is 4. The van der Waals surface area contributed by atoms with Gasteiger partial charge in [-0.05, 0) is 80.8 Å². The second-order valence-corrected chi connectivity index (χ2v) is 13.4. The molecule has 0 aliphatic heterocycles. The Bertz CT molecular complexity index is 1070. The molecule has 224 valence electrons. The monoisotopic (exact) mass is 623 g/mol. The van der Waals surface area contributed by atoms with Crippen LogP contribution in [0.3, 0.4) is 0 Å². The number of halogens is 6. The number of aliphatic hydroxyl groups excluding tert-OH is 1. The molecule has 1 amide bonds. The minimum atomic E-state index is -4.87. The fraction of sp³-hybridized carbons (Fsp3) is 0.655. The topological polar surface area (TPSA) is 76.4 Å². The predicted molar refractivity (Wildman–Crippen MR) is 155 cm³/mol. The van der Waals surface area contributed by atoms with Crippen LogP contribution < -0.4 is 5.32 Å². The molecule has 1 aromatic carbocycles. The van der Waals surface area contributed by atoms with Crippen LogP contribution in [0.5, 0.6) is 0 Å². The second kappa shape index (κ2) is 13.7. The Balaban J connectivity index is 1.96. The fourth-order valence-electron chi connectivity index (χ4n) is 5.70. The van der Waals surface area contributed by atoms with E-state index >= 15 is 0 Å². The van der Waals surface area contributed by atoms with Crippen molar-refractivity contribution in [2.45, 2.75) is 90.5 Å². The number of benzene rings is 1. The number of aliphatic hydroxyl groups is 1. The highest BCUT2D eigenvalue weighted by molar-refractivity contribution is 6.39. The van der Waals surface area contributed by atoms with Crippen LogP contribution in [0.4, 0.5) is 13.2 Å². The smallest absolute Gasteiger partial charge is 0.386 e. The van der Waals surface area contributed by atoms with Crippen molar-refractivity contribution in [2.24, 2.45) is 17.3 Å². The average molecular weight is 625 g/mol. The van der Waals surface area contributed by atoms with Crippen LogP contribution in [0.2, 0.25) is 15.1 Å².